The fourth-order valence-electron chi connectivity index (χ4n) is 3.30. The van der Waals surface area contributed by atoms with Gasteiger partial charge in [0, 0.05) is 24.2 Å². The SMILES string of the molecule is COc1ccncc1-c1ccc(NC(=O)c2ccnc(-c3c(F)cccc3OC)n2)c(N)c1. The number of nitrogen functional groups attached to an aromatic ring is 1. The number of nitrogens with one attached hydrogen (secondary N) is 1. The Morgan fingerprint density at radius 1 is 1.03 bits per heavy atom. The van der Waals surface area contributed by atoms with Crippen LogP contribution in [0, 0.1) is 5.82 Å². The van der Waals surface area contributed by atoms with E-state index in [1.807, 2.05) is 0 Å². The van der Waals surface area contributed by atoms with E-state index in [0.717, 1.165) is 11.1 Å². The lowest BCUT2D eigenvalue weighted by molar-refractivity contribution is 0.102. The summed E-state index contributed by atoms with van der Waals surface area (Å²) in [6.45, 7) is 0. The highest BCUT2D eigenvalue weighted by atomic mass is 19.1. The van der Waals surface area contributed by atoms with E-state index in [0.29, 0.717) is 17.1 Å². The van der Waals surface area contributed by atoms with Crippen LogP contribution in [0.4, 0.5) is 15.8 Å². The number of halogens is 1. The van der Waals surface area contributed by atoms with Crippen LogP contribution in [0.1, 0.15) is 10.5 Å². The van der Waals surface area contributed by atoms with Gasteiger partial charge < -0.3 is 20.5 Å². The number of hydrogen-bond acceptors (Lipinski definition) is 7. The van der Waals surface area contributed by atoms with Gasteiger partial charge in [0.05, 0.1) is 31.2 Å². The van der Waals surface area contributed by atoms with Gasteiger partial charge in [0.15, 0.2) is 5.82 Å². The maximum Gasteiger partial charge on any atom is 0.274 e. The first kappa shape index (κ1) is 21.7. The van der Waals surface area contributed by atoms with E-state index >= 15 is 0 Å². The Bertz CT molecular complexity index is 1330. The number of nitrogens with zero attached hydrogens (tertiary/aromatic N) is 3. The van der Waals surface area contributed by atoms with Gasteiger partial charge in [-0.1, -0.05) is 12.1 Å². The number of carbonyl (C=O) groups excluding carboxylic acids is 1. The number of hydrogen-bond donors (Lipinski definition) is 2. The van der Waals surface area contributed by atoms with Crippen molar-refractivity contribution >= 4 is 17.3 Å². The summed E-state index contributed by atoms with van der Waals surface area (Å²) in [4.78, 5) is 25.3. The van der Waals surface area contributed by atoms with E-state index in [1.54, 1.807) is 49.8 Å². The molecule has 2 aromatic heterocycles. The molecule has 9 heteroatoms. The second-order valence-electron chi connectivity index (χ2n) is 6.91. The van der Waals surface area contributed by atoms with Gasteiger partial charge in [0.25, 0.3) is 5.91 Å². The lowest BCUT2D eigenvalue weighted by atomic mass is 10.1. The molecule has 0 fully saturated rings. The van der Waals surface area contributed by atoms with Gasteiger partial charge in [-0.25, -0.2) is 14.4 Å². The quantitative estimate of drug-likeness (QED) is 0.428. The van der Waals surface area contributed by atoms with Crippen LogP contribution >= 0.6 is 0 Å². The lowest BCUT2D eigenvalue weighted by Crippen LogP contribution is -2.15. The predicted molar refractivity (Wildman–Crippen MR) is 123 cm³/mol. The summed E-state index contributed by atoms with van der Waals surface area (Å²) in [6.07, 6.45) is 4.68. The molecule has 0 aliphatic rings. The van der Waals surface area contributed by atoms with Crippen molar-refractivity contribution in [3.63, 3.8) is 0 Å². The number of rotatable bonds is 6. The van der Waals surface area contributed by atoms with E-state index in [-0.39, 0.29) is 22.8 Å². The predicted octanol–water partition coefficient (Wildman–Crippen LogP) is 4.20. The number of ether oxygens (including phenoxy) is 2. The molecule has 2 heterocycles. The van der Waals surface area contributed by atoms with Crippen molar-refractivity contribution in [3.8, 4) is 34.0 Å². The molecule has 1 amide bonds. The molecule has 8 nitrogen and oxygen atoms in total. The molecule has 0 aliphatic carbocycles. The van der Waals surface area contributed by atoms with E-state index in [4.69, 9.17) is 15.2 Å². The van der Waals surface area contributed by atoms with Crippen molar-refractivity contribution in [2.24, 2.45) is 0 Å². The average molecular weight is 445 g/mol. The Balaban J connectivity index is 1.60. The minimum atomic E-state index is -0.558. The fourth-order valence-corrected chi connectivity index (χ4v) is 3.30. The standard InChI is InChI=1S/C24H20FN5O3/c1-32-20-9-10-27-13-15(20)14-6-7-18(17(26)12-14)30-24(31)19-8-11-28-23(29-19)22-16(25)4-3-5-21(22)33-2/h3-13H,26H2,1-2H3,(H,30,31). The Hall–Kier alpha value is -4.53. The molecule has 0 saturated heterocycles. The molecule has 4 aromatic rings. The molecule has 166 valence electrons. The maximum absolute atomic E-state index is 14.4. The molecule has 0 bridgehead atoms. The largest absolute Gasteiger partial charge is 0.496 e. The molecule has 0 radical (unpaired) electrons. The van der Waals surface area contributed by atoms with Gasteiger partial charge in [-0.2, -0.15) is 0 Å². The normalized spacial score (nSPS) is 10.5. The van der Waals surface area contributed by atoms with Crippen LogP contribution in [-0.4, -0.2) is 35.1 Å². The smallest absolute Gasteiger partial charge is 0.274 e. The summed E-state index contributed by atoms with van der Waals surface area (Å²) in [7, 11) is 2.99. The van der Waals surface area contributed by atoms with E-state index < -0.39 is 11.7 Å². The molecule has 0 aliphatic heterocycles. The van der Waals surface area contributed by atoms with E-state index in [1.165, 1.54) is 31.5 Å². The molecule has 4 rings (SSSR count). The highest BCUT2D eigenvalue weighted by Crippen LogP contribution is 2.33. The molecule has 2 aromatic carbocycles. The zero-order valence-electron chi connectivity index (χ0n) is 17.9. The molecular formula is C24H20FN5O3. The zero-order valence-corrected chi connectivity index (χ0v) is 17.9. The number of aromatic nitrogens is 3. The minimum absolute atomic E-state index is 0.0320. The monoisotopic (exact) mass is 445 g/mol. The molecule has 0 spiro atoms. The Labute approximate surface area is 189 Å². The number of methoxy groups -OCH3 is 2. The van der Waals surface area contributed by atoms with E-state index in [9.17, 15) is 9.18 Å². The number of pyridine rings is 1. The van der Waals surface area contributed by atoms with E-state index in [2.05, 4.69) is 20.3 Å². The van der Waals surface area contributed by atoms with Crippen LogP contribution in [0.25, 0.3) is 22.5 Å². The van der Waals surface area contributed by atoms with Gasteiger partial charge in [0.2, 0.25) is 0 Å². The maximum atomic E-state index is 14.4. The summed E-state index contributed by atoms with van der Waals surface area (Å²) >= 11 is 0. The van der Waals surface area contributed by atoms with Crippen molar-refractivity contribution in [2.45, 2.75) is 0 Å². The highest BCUT2D eigenvalue weighted by molar-refractivity contribution is 6.05. The van der Waals surface area contributed by atoms with Crippen molar-refractivity contribution in [2.75, 3.05) is 25.3 Å². The Morgan fingerprint density at radius 2 is 1.85 bits per heavy atom. The molecule has 0 saturated carbocycles. The van der Waals surface area contributed by atoms with Crippen molar-refractivity contribution in [1.29, 1.82) is 0 Å². The summed E-state index contributed by atoms with van der Waals surface area (Å²) < 4.78 is 25.0. The Kier molecular flexibility index (Phi) is 6.12. The van der Waals surface area contributed by atoms with Crippen LogP contribution in [0.15, 0.2) is 67.1 Å². The number of anilines is 2. The summed E-state index contributed by atoms with van der Waals surface area (Å²) in [5.74, 6) is -0.133. The van der Waals surface area contributed by atoms with Crippen LogP contribution in [0.2, 0.25) is 0 Å². The molecule has 0 atom stereocenters. The minimum Gasteiger partial charge on any atom is -0.496 e. The van der Waals surface area contributed by atoms with Gasteiger partial charge >= 0.3 is 0 Å². The second-order valence-corrected chi connectivity index (χ2v) is 6.91. The zero-order chi connectivity index (χ0) is 23.4. The van der Waals surface area contributed by atoms with Crippen LogP contribution in [-0.2, 0) is 0 Å². The third-order valence-electron chi connectivity index (χ3n) is 4.92. The number of benzene rings is 2. The van der Waals surface area contributed by atoms with Crippen LogP contribution in [0.5, 0.6) is 11.5 Å². The average Bonchev–Trinajstić information content (AvgIpc) is 2.85. The first-order valence-electron chi connectivity index (χ1n) is 9.87. The molecule has 0 unspecified atom stereocenters. The first-order valence-corrected chi connectivity index (χ1v) is 9.87. The van der Waals surface area contributed by atoms with Crippen molar-refractivity contribution in [1.82, 2.24) is 15.0 Å². The molecule has 33 heavy (non-hydrogen) atoms. The van der Waals surface area contributed by atoms with Crippen molar-refractivity contribution < 1.29 is 18.7 Å². The van der Waals surface area contributed by atoms with Crippen LogP contribution < -0.4 is 20.5 Å². The third-order valence-corrected chi connectivity index (χ3v) is 4.92. The van der Waals surface area contributed by atoms with Gasteiger partial charge in [0.1, 0.15) is 23.0 Å². The van der Waals surface area contributed by atoms with Crippen molar-refractivity contribution in [3.05, 3.63) is 78.6 Å². The lowest BCUT2D eigenvalue weighted by Gasteiger charge is -2.12. The third kappa shape index (κ3) is 4.42. The number of nitrogens with two attached hydrogens (primary N) is 1. The van der Waals surface area contributed by atoms with Gasteiger partial charge in [-0.15, -0.1) is 0 Å². The Morgan fingerprint density at radius 3 is 2.61 bits per heavy atom. The molecule has 3 N–H and O–H groups in total. The first-order chi connectivity index (χ1) is 16.0. The summed E-state index contributed by atoms with van der Waals surface area (Å²) in [5, 5.41) is 2.73. The van der Waals surface area contributed by atoms with Crippen LogP contribution in [0.3, 0.4) is 0 Å². The number of carbonyl (C=O) groups is 1. The van der Waals surface area contributed by atoms with Gasteiger partial charge in [-0.3, -0.25) is 9.78 Å². The van der Waals surface area contributed by atoms with Gasteiger partial charge in [-0.05, 0) is 42.0 Å². The molecular weight excluding hydrogens is 425 g/mol. The summed E-state index contributed by atoms with van der Waals surface area (Å²) in [5.41, 5.74) is 8.59. The number of amides is 1. The second kappa shape index (κ2) is 9.31. The topological polar surface area (TPSA) is 112 Å². The summed E-state index contributed by atoms with van der Waals surface area (Å²) in [6, 6.07) is 12.7. The fraction of sp³-hybridized carbons (Fsp3) is 0.0833. The highest BCUT2D eigenvalue weighted by Gasteiger charge is 2.17.